The Morgan fingerprint density at radius 1 is 1.14 bits per heavy atom. The number of hydrogen-bond donors (Lipinski definition) is 0. The zero-order chi connectivity index (χ0) is 20.8. The Balaban J connectivity index is 1.59. The van der Waals surface area contributed by atoms with Gasteiger partial charge in [0.25, 0.3) is 5.69 Å². The molecule has 29 heavy (non-hydrogen) atoms. The Morgan fingerprint density at radius 3 is 2.52 bits per heavy atom. The zero-order valence-electron chi connectivity index (χ0n) is 16.1. The van der Waals surface area contributed by atoms with Crippen LogP contribution in [-0.4, -0.2) is 42.1 Å². The van der Waals surface area contributed by atoms with E-state index < -0.39 is 14.8 Å². The van der Waals surface area contributed by atoms with Crippen molar-refractivity contribution in [1.29, 1.82) is 0 Å². The van der Waals surface area contributed by atoms with E-state index in [4.69, 9.17) is 4.99 Å². The molecule has 0 bridgehead atoms. The third-order valence-corrected chi connectivity index (χ3v) is 8.13. The van der Waals surface area contributed by atoms with Gasteiger partial charge < -0.3 is 4.90 Å². The number of nitro benzene ring substituents is 1. The number of amidine groups is 1. The summed E-state index contributed by atoms with van der Waals surface area (Å²) in [4.78, 5) is 17.2. The lowest BCUT2D eigenvalue weighted by Crippen LogP contribution is -2.39. The Labute approximate surface area is 173 Å². The summed E-state index contributed by atoms with van der Waals surface area (Å²) in [6.45, 7) is 4.09. The highest BCUT2D eigenvalue weighted by Crippen LogP contribution is 2.36. The predicted molar refractivity (Wildman–Crippen MR) is 116 cm³/mol. The van der Waals surface area contributed by atoms with E-state index in [-0.39, 0.29) is 29.3 Å². The molecule has 7 nitrogen and oxygen atoms in total. The van der Waals surface area contributed by atoms with Gasteiger partial charge in [-0.2, -0.15) is 0 Å². The highest BCUT2D eigenvalue weighted by atomic mass is 32.2. The fourth-order valence-corrected chi connectivity index (χ4v) is 6.60. The second-order valence-corrected chi connectivity index (χ2v) is 10.6. The van der Waals surface area contributed by atoms with Gasteiger partial charge in [-0.15, -0.1) is 0 Å². The zero-order valence-corrected chi connectivity index (χ0v) is 17.7. The normalized spacial score (nSPS) is 22.4. The fraction of sp³-hybridized carbons (Fsp3) is 0.350. The number of anilines is 1. The van der Waals surface area contributed by atoms with Crippen molar-refractivity contribution in [3.05, 3.63) is 69.3 Å². The van der Waals surface area contributed by atoms with Gasteiger partial charge in [0.15, 0.2) is 15.0 Å². The van der Waals surface area contributed by atoms with E-state index in [0.717, 1.165) is 22.0 Å². The van der Waals surface area contributed by atoms with Crippen LogP contribution in [0, 0.1) is 24.0 Å². The smallest absolute Gasteiger partial charge is 0.269 e. The van der Waals surface area contributed by atoms with Gasteiger partial charge in [0.1, 0.15) is 0 Å². The minimum atomic E-state index is -3.09. The number of aliphatic imine (C=N–C) groups is 1. The van der Waals surface area contributed by atoms with Gasteiger partial charge in [0.2, 0.25) is 0 Å². The Kier molecular flexibility index (Phi) is 5.12. The van der Waals surface area contributed by atoms with E-state index in [2.05, 4.69) is 11.0 Å². The first-order valence-electron chi connectivity index (χ1n) is 9.24. The second-order valence-electron chi connectivity index (χ2n) is 7.47. The van der Waals surface area contributed by atoms with Crippen molar-refractivity contribution in [3.63, 3.8) is 0 Å². The molecule has 2 heterocycles. The predicted octanol–water partition coefficient (Wildman–Crippen LogP) is 3.49. The van der Waals surface area contributed by atoms with Gasteiger partial charge in [-0.25, -0.2) is 8.42 Å². The summed E-state index contributed by atoms with van der Waals surface area (Å²) in [5.41, 5.74) is 4.29. The summed E-state index contributed by atoms with van der Waals surface area (Å²) in [6.07, 6.45) is 0. The lowest BCUT2D eigenvalue weighted by atomic mass is 10.1. The average molecular weight is 432 g/mol. The van der Waals surface area contributed by atoms with Crippen LogP contribution >= 0.6 is 11.8 Å². The van der Waals surface area contributed by atoms with Crippen LogP contribution in [0.5, 0.6) is 0 Å². The number of non-ortho nitro benzene ring substituents is 1. The first kappa shape index (κ1) is 19.9. The van der Waals surface area contributed by atoms with Crippen LogP contribution in [-0.2, 0) is 15.6 Å². The summed E-state index contributed by atoms with van der Waals surface area (Å²) in [6, 6.07) is 12.2. The molecular formula is C20H21N3O4S2. The van der Waals surface area contributed by atoms with E-state index in [9.17, 15) is 18.5 Å². The molecule has 2 unspecified atom stereocenters. The highest BCUT2D eigenvalue weighted by molar-refractivity contribution is 8.13. The quantitative estimate of drug-likeness (QED) is 0.543. The van der Waals surface area contributed by atoms with Crippen molar-refractivity contribution in [2.24, 2.45) is 4.99 Å². The van der Waals surface area contributed by atoms with E-state index >= 15 is 0 Å². The summed E-state index contributed by atoms with van der Waals surface area (Å²) in [5.74, 6) is 0.792. The molecule has 0 amide bonds. The van der Waals surface area contributed by atoms with Gasteiger partial charge in [0, 0.05) is 23.6 Å². The van der Waals surface area contributed by atoms with E-state index in [1.165, 1.54) is 29.5 Å². The molecule has 0 aliphatic carbocycles. The molecule has 4 rings (SSSR count). The number of sulfone groups is 1. The molecule has 0 N–H and O–H groups in total. The maximum atomic E-state index is 12.2. The van der Waals surface area contributed by atoms with Crippen LogP contribution < -0.4 is 4.90 Å². The SMILES string of the molecule is Cc1ccc(N2C(SCc3ccc([N+](=O)[O-])cc3)=NC3CS(=O)(=O)CC32)cc1C. The molecule has 2 aliphatic heterocycles. The van der Waals surface area contributed by atoms with Gasteiger partial charge in [-0.3, -0.25) is 15.1 Å². The number of nitrogens with zero attached hydrogens (tertiary/aromatic N) is 3. The number of hydrogen-bond acceptors (Lipinski definition) is 7. The van der Waals surface area contributed by atoms with Crippen molar-refractivity contribution < 1.29 is 13.3 Å². The number of aryl methyl sites for hydroxylation is 2. The fourth-order valence-electron chi connectivity index (χ4n) is 3.67. The van der Waals surface area contributed by atoms with Crippen molar-refractivity contribution >= 4 is 38.1 Å². The molecule has 2 aromatic carbocycles. The average Bonchev–Trinajstić information content (AvgIpc) is 3.13. The topological polar surface area (TPSA) is 92.9 Å². The van der Waals surface area contributed by atoms with Gasteiger partial charge in [0.05, 0.1) is 28.5 Å². The lowest BCUT2D eigenvalue weighted by Gasteiger charge is -2.27. The molecule has 9 heteroatoms. The van der Waals surface area contributed by atoms with Gasteiger partial charge >= 0.3 is 0 Å². The minimum absolute atomic E-state index is 0.0634. The largest absolute Gasteiger partial charge is 0.315 e. The van der Waals surface area contributed by atoms with E-state index in [1.54, 1.807) is 12.1 Å². The summed E-state index contributed by atoms with van der Waals surface area (Å²) in [5, 5.41) is 11.6. The van der Waals surface area contributed by atoms with Crippen LogP contribution in [0.25, 0.3) is 0 Å². The van der Waals surface area contributed by atoms with Crippen molar-refractivity contribution in [1.82, 2.24) is 0 Å². The number of thioether (sulfide) groups is 1. The van der Waals surface area contributed by atoms with Crippen molar-refractivity contribution in [2.75, 3.05) is 16.4 Å². The van der Waals surface area contributed by atoms with Crippen LogP contribution in [0.1, 0.15) is 16.7 Å². The third kappa shape index (κ3) is 4.02. The molecule has 1 saturated heterocycles. The Hall–Kier alpha value is -2.39. The first-order chi connectivity index (χ1) is 13.7. The van der Waals surface area contributed by atoms with Crippen molar-refractivity contribution in [2.45, 2.75) is 31.7 Å². The summed E-state index contributed by atoms with van der Waals surface area (Å²) >= 11 is 1.53. The lowest BCUT2D eigenvalue weighted by molar-refractivity contribution is -0.384. The van der Waals surface area contributed by atoms with Crippen LogP contribution in [0.3, 0.4) is 0 Å². The van der Waals surface area contributed by atoms with E-state index in [1.807, 2.05) is 26.0 Å². The minimum Gasteiger partial charge on any atom is -0.315 e. The van der Waals surface area contributed by atoms with Crippen LogP contribution in [0.4, 0.5) is 11.4 Å². The van der Waals surface area contributed by atoms with Crippen LogP contribution in [0.15, 0.2) is 47.5 Å². The monoisotopic (exact) mass is 431 g/mol. The number of nitro groups is 1. The molecule has 2 aromatic rings. The van der Waals surface area contributed by atoms with Gasteiger partial charge in [-0.05, 0) is 42.7 Å². The maximum absolute atomic E-state index is 12.2. The Bertz CT molecular complexity index is 1100. The van der Waals surface area contributed by atoms with Gasteiger partial charge in [-0.1, -0.05) is 30.0 Å². The number of benzene rings is 2. The molecule has 0 spiro atoms. The highest BCUT2D eigenvalue weighted by Gasteiger charge is 2.47. The second kappa shape index (κ2) is 7.46. The molecule has 0 aromatic heterocycles. The molecule has 1 fully saturated rings. The summed E-state index contributed by atoms with van der Waals surface area (Å²) < 4.78 is 24.3. The molecule has 2 atom stereocenters. The molecule has 0 saturated carbocycles. The van der Waals surface area contributed by atoms with Crippen molar-refractivity contribution in [3.8, 4) is 0 Å². The molecule has 0 radical (unpaired) electrons. The number of rotatable bonds is 4. The number of fused-ring (bicyclic) bond motifs is 1. The maximum Gasteiger partial charge on any atom is 0.269 e. The van der Waals surface area contributed by atoms with E-state index in [0.29, 0.717) is 5.75 Å². The Morgan fingerprint density at radius 2 is 1.86 bits per heavy atom. The third-order valence-electron chi connectivity index (χ3n) is 5.39. The molecular weight excluding hydrogens is 410 g/mol. The molecule has 2 aliphatic rings. The molecule has 152 valence electrons. The standard InChI is InChI=1S/C20H21N3O4S2/c1-13-3-6-17(9-14(13)2)22-19-12-29(26,27)11-18(19)21-20(22)28-10-15-4-7-16(8-5-15)23(24)25/h3-9,18-19H,10-12H2,1-2H3. The summed E-state index contributed by atoms with van der Waals surface area (Å²) in [7, 11) is -3.09. The van der Waals surface area contributed by atoms with Crippen LogP contribution in [0.2, 0.25) is 0 Å². The first-order valence-corrected chi connectivity index (χ1v) is 12.0.